The molecule has 166 valence electrons. The Labute approximate surface area is 175 Å². The van der Waals surface area contributed by atoms with Crippen LogP contribution >= 0.6 is 0 Å². The van der Waals surface area contributed by atoms with Gasteiger partial charge in [0.1, 0.15) is 0 Å². The first-order valence-electron chi connectivity index (χ1n) is 10.7. The fourth-order valence-electron chi connectivity index (χ4n) is 4.46. The molecule has 0 aliphatic heterocycles. The van der Waals surface area contributed by atoms with E-state index in [4.69, 9.17) is 18.3 Å². The monoisotopic (exact) mass is 430 g/mol. The van der Waals surface area contributed by atoms with Crippen LogP contribution in [-0.4, -0.2) is 35.5 Å². The molecule has 2 unspecified atom stereocenters. The predicted octanol–water partition coefficient (Wildman–Crippen LogP) is 5.62. The molecule has 0 heterocycles. The maximum Gasteiger partial charge on any atom is 0.376 e. The summed E-state index contributed by atoms with van der Waals surface area (Å²) in [5.41, 5.74) is 0. The molecule has 1 saturated carbocycles. The number of hydrogen-bond acceptors (Lipinski definition) is 4. The van der Waals surface area contributed by atoms with Crippen molar-refractivity contribution < 1.29 is 27.1 Å². The Kier molecular flexibility index (Phi) is 9.37. The van der Waals surface area contributed by atoms with E-state index in [2.05, 4.69) is 6.92 Å². The van der Waals surface area contributed by atoms with E-state index in [1.54, 1.807) is 26.4 Å². The van der Waals surface area contributed by atoms with Crippen LogP contribution in [0, 0.1) is 11.8 Å². The summed E-state index contributed by atoms with van der Waals surface area (Å²) < 4.78 is 50.1. The van der Waals surface area contributed by atoms with Crippen LogP contribution in [0.4, 0.5) is 8.78 Å². The average molecular weight is 431 g/mol. The lowest BCUT2D eigenvalue weighted by Crippen LogP contribution is -2.54. The van der Waals surface area contributed by atoms with Gasteiger partial charge < -0.3 is 18.3 Å². The third-order valence-corrected chi connectivity index (χ3v) is 9.49. The summed E-state index contributed by atoms with van der Waals surface area (Å²) in [5.74, 6) is 1.64. The van der Waals surface area contributed by atoms with Crippen molar-refractivity contribution in [2.45, 2.75) is 78.1 Å². The maximum atomic E-state index is 13.8. The first-order valence-corrected chi connectivity index (χ1v) is 12.7. The molecule has 0 radical (unpaired) electrons. The molecule has 2 atom stereocenters. The van der Waals surface area contributed by atoms with Gasteiger partial charge in [0.05, 0.1) is 0 Å². The molecule has 1 aliphatic rings. The summed E-state index contributed by atoms with van der Waals surface area (Å²) in [5, 5.41) is 0.654. The fraction of sp³-hybridized carbons (Fsp3) is 0.727. The quantitative estimate of drug-likeness (QED) is 0.427. The van der Waals surface area contributed by atoms with E-state index in [0.29, 0.717) is 11.1 Å². The van der Waals surface area contributed by atoms with Crippen LogP contribution in [0.2, 0.25) is 6.04 Å². The van der Waals surface area contributed by atoms with Gasteiger partial charge in [0.25, 0.3) is 0 Å². The number of hydrogen-bond donors (Lipinski definition) is 0. The lowest BCUT2D eigenvalue weighted by atomic mass is 9.81. The maximum absolute atomic E-state index is 13.8. The molecule has 1 fully saturated rings. The van der Waals surface area contributed by atoms with Crippen molar-refractivity contribution in [2.24, 2.45) is 11.8 Å². The van der Waals surface area contributed by atoms with Gasteiger partial charge in [-0.2, -0.15) is 0 Å². The van der Waals surface area contributed by atoms with Crippen LogP contribution in [-0.2, 0) is 8.85 Å². The topological polar surface area (TPSA) is 36.9 Å². The molecular formula is C22H36F2O4Si. The molecular weight excluding hydrogens is 394 g/mol. The molecule has 1 aromatic rings. The van der Waals surface area contributed by atoms with E-state index in [1.807, 2.05) is 6.07 Å². The Bertz CT molecular complexity index is 615. The Morgan fingerprint density at radius 1 is 0.966 bits per heavy atom. The molecule has 0 saturated heterocycles. The molecule has 7 heteroatoms. The van der Waals surface area contributed by atoms with E-state index >= 15 is 0 Å². The van der Waals surface area contributed by atoms with Crippen molar-refractivity contribution in [3.05, 3.63) is 18.2 Å². The van der Waals surface area contributed by atoms with Gasteiger partial charge in [0, 0.05) is 33.3 Å². The van der Waals surface area contributed by atoms with Crippen molar-refractivity contribution in [1.29, 1.82) is 0 Å². The van der Waals surface area contributed by atoms with Crippen LogP contribution in [0.5, 0.6) is 11.5 Å². The number of benzene rings is 1. The zero-order valence-electron chi connectivity index (χ0n) is 18.4. The van der Waals surface area contributed by atoms with E-state index in [-0.39, 0.29) is 11.5 Å². The SMILES string of the molecule is CCCC1CCC(C[Si](OC)(OC)c2cccc(OC(C)F)c2OC(C)F)CC1. The average Bonchev–Trinajstić information content (AvgIpc) is 2.68. The molecule has 1 aromatic carbocycles. The highest BCUT2D eigenvalue weighted by molar-refractivity contribution is 6.82. The van der Waals surface area contributed by atoms with E-state index < -0.39 is 21.3 Å². The van der Waals surface area contributed by atoms with E-state index in [1.165, 1.54) is 39.5 Å². The minimum absolute atomic E-state index is 0.166. The number of ether oxygens (including phenoxy) is 2. The third-order valence-electron chi connectivity index (χ3n) is 5.84. The van der Waals surface area contributed by atoms with Gasteiger partial charge in [0.2, 0.25) is 12.7 Å². The highest BCUT2D eigenvalue weighted by atomic mass is 28.4. The molecule has 29 heavy (non-hydrogen) atoms. The van der Waals surface area contributed by atoms with Gasteiger partial charge in [0.15, 0.2) is 11.5 Å². The summed E-state index contributed by atoms with van der Waals surface area (Å²) >= 11 is 0. The molecule has 0 aromatic heterocycles. The third kappa shape index (κ3) is 6.40. The molecule has 0 amide bonds. The predicted molar refractivity (Wildman–Crippen MR) is 113 cm³/mol. The summed E-state index contributed by atoms with van der Waals surface area (Å²) in [6, 6.07) is 5.92. The summed E-state index contributed by atoms with van der Waals surface area (Å²) in [7, 11) is 0.327. The van der Waals surface area contributed by atoms with Crippen LogP contribution in [0.25, 0.3) is 0 Å². The first kappa shape index (κ1) is 24.1. The molecule has 0 N–H and O–H groups in total. The van der Waals surface area contributed by atoms with Gasteiger partial charge in [-0.05, 0) is 23.9 Å². The van der Waals surface area contributed by atoms with E-state index in [9.17, 15) is 8.78 Å². The molecule has 4 nitrogen and oxygen atoms in total. The lowest BCUT2D eigenvalue weighted by Gasteiger charge is -2.36. The van der Waals surface area contributed by atoms with Gasteiger partial charge in [-0.3, -0.25) is 0 Å². The van der Waals surface area contributed by atoms with Crippen molar-refractivity contribution >= 4 is 13.7 Å². The second kappa shape index (κ2) is 11.3. The highest BCUT2D eigenvalue weighted by Gasteiger charge is 2.44. The molecule has 0 spiro atoms. The number of halogens is 2. The van der Waals surface area contributed by atoms with Gasteiger partial charge in [-0.15, -0.1) is 0 Å². The second-order valence-corrected chi connectivity index (χ2v) is 11.3. The van der Waals surface area contributed by atoms with Crippen LogP contribution in [0.15, 0.2) is 18.2 Å². The molecule has 1 aliphatic carbocycles. The Morgan fingerprint density at radius 3 is 2.07 bits per heavy atom. The van der Waals surface area contributed by atoms with Crippen molar-refractivity contribution in [2.75, 3.05) is 14.2 Å². The first-order chi connectivity index (χ1) is 13.8. The van der Waals surface area contributed by atoms with Crippen LogP contribution in [0.1, 0.15) is 59.3 Å². The zero-order chi connectivity index (χ0) is 21.4. The van der Waals surface area contributed by atoms with Crippen molar-refractivity contribution in [3.63, 3.8) is 0 Å². The Hall–Kier alpha value is -1.18. The van der Waals surface area contributed by atoms with Gasteiger partial charge in [-0.25, -0.2) is 8.78 Å². The highest BCUT2D eigenvalue weighted by Crippen LogP contribution is 2.38. The Balaban J connectivity index is 2.33. The minimum atomic E-state index is -2.94. The van der Waals surface area contributed by atoms with Gasteiger partial charge in [-0.1, -0.05) is 57.6 Å². The number of rotatable bonds is 11. The standard InChI is InChI=1S/C22H36F2O4Si/c1-6-8-18-11-13-19(14-12-18)15-29(25-4,26-5)21-10-7-9-20(27-16(2)23)22(21)28-17(3)24/h7,9-10,16-19H,6,8,11-15H2,1-5H3. The number of alkyl halides is 2. The van der Waals surface area contributed by atoms with Crippen LogP contribution < -0.4 is 14.7 Å². The smallest absolute Gasteiger partial charge is 0.376 e. The fourth-order valence-corrected chi connectivity index (χ4v) is 7.67. The van der Waals surface area contributed by atoms with E-state index in [0.717, 1.165) is 24.8 Å². The number of para-hydroxylation sites is 1. The van der Waals surface area contributed by atoms with Crippen molar-refractivity contribution in [1.82, 2.24) is 0 Å². The van der Waals surface area contributed by atoms with Gasteiger partial charge >= 0.3 is 8.56 Å². The Morgan fingerprint density at radius 2 is 1.55 bits per heavy atom. The summed E-state index contributed by atoms with van der Waals surface area (Å²) in [6.07, 6.45) is 4.13. The molecule has 2 rings (SSSR count). The second-order valence-electron chi connectivity index (χ2n) is 8.00. The minimum Gasteiger partial charge on any atom is -0.457 e. The zero-order valence-corrected chi connectivity index (χ0v) is 19.4. The summed E-state index contributed by atoms with van der Waals surface area (Å²) in [6.45, 7) is 4.80. The normalized spacial score (nSPS) is 22.2. The van der Waals surface area contributed by atoms with Crippen LogP contribution in [0.3, 0.4) is 0 Å². The summed E-state index contributed by atoms with van der Waals surface area (Å²) in [4.78, 5) is 0. The molecule has 0 bridgehead atoms. The largest absolute Gasteiger partial charge is 0.457 e. The van der Waals surface area contributed by atoms with Crippen molar-refractivity contribution in [3.8, 4) is 11.5 Å². The lowest BCUT2D eigenvalue weighted by molar-refractivity contribution is 0.0587.